The minimum absolute atomic E-state index is 0.0738. The topological polar surface area (TPSA) is 99.9 Å². The quantitative estimate of drug-likeness (QED) is 0.702. The van der Waals surface area contributed by atoms with E-state index in [9.17, 15) is 18.5 Å². The van der Waals surface area contributed by atoms with Crippen LogP contribution in [0.1, 0.15) is 23.6 Å². The Morgan fingerprint density at radius 2 is 1.71 bits per heavy atom. The molecule has 1 saturated heterocycles. The van der Waals surface area contributed by atoms with Crippen LogP contribution in [-0.4, -0.2) is 56.5 Å². The molecule has 3 rings (SSSR count). The summed E-state index contributed by atoms with van der Waals surface area (Å²) in [5.74, 6) is 0.669. The van der Waals surface area contributed by atoms with Crippen LogP contribution in [0, 0.1) is 25.2 Å². The van der Waals surface area contributed by atoms with Crippen LogP contribution in [0.25, 0.3) is 0 Å². The lowest BCUT2D eigenvalue weighted by atomic mass is 10.1. The Hall–Kier alpha value is -3.09. The first-order chi connectivity index (χ1) is 14.7. The molecule has 0 unspecified atom stereocenters. The number of benzene rings is 2. The van der Waals surface area contributed by atoms with Crippen molar-refractivity contribution < 1.29 is 22.7 Å². The molecule has 0 saturated carbocycles. The highest BCUT2D eigenvalue weighted by Gasteiger charge is 2.33. The molecule has 0 N–H and O–H groups in total. The van der Waals surface area contributed by atoms with Gasteiger partial charge in [-0.25, -0.2) is 13.2 Å². The Bertz CT molecular complexity index is 1100. The SMILES string of the molecule is CCOC(=O)N1CCN(S(=O)(=O)c2cc(C#N)ccc2Oc2cc(C)cc(C)c2)CC1. The van der Waals surface area contributed by atoms with E-state index in [1.807, 2.05) is 38.1 Å². The number of nitrogens with zero attached hydrogens (tertiary/aromatic N) is 3. The van der Waals surface area contributed by atoms with E-state index in [0.29, 0.717) is 5.75 Å². The standard InChI is InChI=1S/C22H25N3O5S/c1-4-29-22(26)24-7-9-25(10-8-24)31(27,28)21-14-18(15-23)5-6-20(21)30-19-12-16(2)11-17(3)13-19/h5-6,11-14H,4,7-10H2,1-3H3. The molecular formula is C22H25N3O5S. The zero-order valence-electron chi connectivity index (χ0n) is 17.8. The van der Waals surface area contributed by atoms with Crippen LogP contribution in [0.3, 0.4) is 0 Å². The lowest BCUT2D eigenvalue weighted by molar-refractivity contribution is 0.0934. The fourth-order valence-electron chi connectivity index (χ4n) is 3.45. The fraction of sp³-hybridized carbons (Fsp3) is 0.364. The fourth-order valence-corrected chi connectivity index (χ4v) is 5.01. The normalized spacial score (nSPS) is 14.7. The molecule has 8 nitrogen and oxygen atoms in total. The van der Waals surface area contributed by atoms with Crippen LogP contribution < -0.4 is 4.74 Å². The van der Waals surface area contributed by atoms with Crippen LogP contribution in [0.5, 0.6) is 11.5 Å². The number of aryl methyl sites for hydroxylation is 2. The van der Waals surface area contributed by atoms with Crippen molar-refractivity contribution in [3.63, 3.8) is 0 Å². The molecule has 2 aromatic carbocycles. The summed E-state index contributed by atoms with van der Waals surface area (Å²) in [7, 11) is -3.95. The van der Waals surface area contributed by atoms with E-state index in [0.717, 1.165) is 11.1 Å². The van der Waals surface area contributed by atoms with Gasteiger partial charge in [0.25, 0.3) is 0 Å². The average molecular weight is 444 g/mol. The molecule has 1 aliphatic heterocycles. The van der Waals surface area contributed by atoms with Crippen molar-refractivity contribution in [1.82, 2.24) is 9.21 Å². The van der Waals surface area contributed by atoms with E-state index in [2.05, 4.69) is 0 Å². The Kier molecular flexibility index (Phi) is 6.83. The number of sulfonamides is 1. The van der Waals surface area contributed by atoms with Crippen molar-refractivity contribution in [2.45, 2.75) is 25.7 Å². The maximum Gasteiger partial charge on any atom is 0.409 e. The minimum Gasteiger partial charge on any atom is -0.456 e. The number of rotatable bonds is 5. The van der Waals surface area contributed by atoms with Crippen molar-refractivity contribution in [1.29, 1.82) is 5.26 Å². The number of hydrogen-bond acceptors (Lipinski definition) is 6. The molecule has 2 aromatic rings. The average Bonchev–Trinajstić information content (AvgIpc) is 2.73. The number of ether oxygens (including phenoxy) is 2. The summed E-state index contributed by atoms with van der Waals surface area (Å²) in [6.45, 7) is 6.54. The highest BCUT2D eigenvalue weighted by Crippen LogP contribution is 2.33. The number of hydrogen-bond donors (Lipinski definition) is 0. The van der Waals surface area contributed by atoms with Gasteiger partial charge >= 0.3 is 6.09 Å². The number of carbonyl (C=O) groups is 1. The van der Waals surface area contributed by atoms with Gasteiger partial charge in [-0.05, 0) is 62.2 Å². The zero-order valence-corrected chi connectivity index (χ0v) is 18.6. The summed E-state index contributed by atoms with van der Waals surface area (Å²) in [5.41, 5.74) is 2.20. The lowest BCUT2D eigenvalue weighted by Gasteiger charge is -2.33. The zero-order chi connectivity index (χ0) is 22.6. The minimum atomic E-state index is -3.95. The van der Waals surface area contributed by atoms with Gasteiger partial charge in [0.2, 0.25) is 10.0 Å². The van der Waals surface area contributed by atoms with Gasteiger partial charge in [-0.3, -0.25) is 0 Å². The van der Waals surface area contributed by atoms with E-state index >= 15 is 0 Å². The molecule has 1 fully saturated rings. The molecule has 1 heterocycles. The Labute approximate surface area is 182 Å². The van der Waals surface area contributed by atoms with Gasteiger partial charge in [0, 0.05) is 26.2 Å². The van der Waals surface area contributed by atoms with E-state index in [1.54, 1.807) is 6.92 Å². The third-order valence-electron chi connectivity index (χ3n) is 4.88. The van der Waals surface area contributed by atoms with E-state index < -0.39 is 16.1 Å². The summed E-state index contributed by atoms with van der Waals surface area (Å²) in [6, 6.07) is 12.0. The maximum absolute atomic E-state index is 13.4. The number of amides is 1. The van der Waals surface area contributed by atoms with Gasteiger partial charge in [0.1, 0.15) is 16.4 Å². The highest BCUT2D eigenvalue weighted by molar-refractivity contribution is 7.89. The maximum atomic E-state index is 13.4. The van der Waals surface area contributed by atoms with Gasteiger partial charge in [-0.15, -0.1) is 0 Å². The summed E-state index contributed by atoms with van der Waals surface area (Å²) < 4.78 is 39.0. The molecule has 31 heavy (non-hydrogen) atoms. The van der Waals surface area contributed by atoms with Crippen LogP contribution >= 0.6 is 0 Å². The van der Waals surface area contributed by atoms with Crippen molar-refractivity contribution in [3.05, 3.63) is 53.1 Å². The third kappa shape index (κ3) is 5.16. The first-order valence-electron chi connectivity index (χ1n) is 9.96. The van der Waals surface area contributed by atoms with Gasteiger partial charge < -0.3 is 14.4 Å². The van der Waals surface area contributed by atoms with Crippen molar-refractivity contribution in [2.24, 2.45) is 0 Å². The highest BCUT2D eigenvalue weighted by atomic mass is 32.2. The first-order valence-corrected chi connectivity index (χ1v) is 11.4. The van der Waals surface area contributed by atoms with Crippen molar-refractivity contribution in [2.75, 3.05) is 32.8 Å². The molecule has 1 amide bonds. The Morgan fingerprint density at radius 3 is 2.29 bits per heavy atom. The summed E-state index contributed by atoms with van der Waals surface area (Å²) in [5, 5.41) is 9.28. The monoisotopic (exact) mass is 443 g/mol. The summed E-state index contributed by atoms with van der Waals surface area (Å²) >= 11 is 0. The number of carbonyl (C=O) groups excluding carboxylic acids is 1. The van der Waals surface area contributed by atoms with E-state index in [1.165, 1.54) is 27.4 Å². The molecule has 0 atom stereocenters. The Morgan fingerprint density at radius 1 is 1.06 bits per heavy atom. The predicted molar refractivity (Wildman–Crippen MR) is 115 cm³/mol. The third-order valence-corrected chi connectivity index (χ3v) is 6.80. The van der Waals surface area contributed by atoms with Crippen LogP contribution in [-0.2, 0) is 14.8 Å². The second-order valence-electron chi connectivity index (χ2n) is 7.29. The molecule has 0 spiro atoms. The van der Waals surface area contributed by atoms with Gasteiger partial charge in [-0.2, -0.15) is 9.57 Å². The molecular weight excluding hydrogens is 418 g/mol. The van der Waals surface area contributed by atoms with Gasteiger partial charge in [0.15, 0.2) is 0 Å². The summed E-state index contributed by atoms with van der Waals surface area (Å²) in [4.78, 5) is 13.3. The van der Waals surface area contributed by atoms with Crippen LogP contribution in [0.15, 0.2) is 41.3 Å². The second-order valence-corrected chi connectivity index (χ2v) is 9.20. The lowest BCUT2D eigenvalue weighted by Crippen LogP contribution is -2.50. The van der Waals surface area contributed by atoms with Crippen molar-refractivity contribution in [3.8, 4) is 17.6 Å². The molecule has 1 aliphatic rings. The molecule has 164 valence electrons. The molecule has 9 heteroatoms. The molecule has 0 radical (unpaired) electrons. The van der Waals surface area contributed by atoms with Gasteiger partial charge in [-0.1, -0.05) is 6.07 Å². The van der Waals surface area contributed by atoms with E-state index in [-0.39, 0.29) is 49.0 Å². The molecule has 0 bridgehead atoms. The Balaban J connectivity index is 1.90. The smallest absolute Gasteiger partial charge is 0.409 e. The largest absolute Gasteiger partial charge is 0.456 e. The second kappa shape index (κ2) is 9.37. The number of nitriles is 1. The van der Waals surface area contributed by atoms with Crippen LogP contribution in [0.4, 0.5) is 4.79 Å². The van der Waals surface area contributed by atoms with Gasteiger partial charge in [0.05, 0.1) is 18.2 Å². The first kappa shape index (κ1) is 22.6. The summed E-state index contributed by atoms with van der Waals surface area (Å²) in [6.07, 6.45) is -0.454. The van der Waals surface area contributed by atoms with Crippen molar-refractivity contribution >= 4 is 16.1 Å². The van der Waals surface area contributed by atoms with Crippen LogP contribution in [0.2, 0.25) is 0 Å². The predicted octanol–water partition coefficient (Wildman–Crippen LogP) is 3.43. The van der Waals surface area contributed by atoms with E-state index in [4.69, 9.17) is 9.47 Å². The molecule has 0 aromatic heterocycles. The number of piperazine rings is 1. The molecule has 0 aliphatic carbocycles.